The Hall–Kier alpha value is -3.25. The second-order valence-corrected chi connectivity index (χ2v) is 7.34. The van der Waals surface area contributed by atoms with Crippen molar-refractivity contribution in [1.29, 1.82) is 0 Å². The summed E-state index contributed by atoms with van der Waals surface area (Å²) < 4.78 is 33.2. The van der Waals surface area contributed by atoms with E-state index in [0.29, 0.717) is 0 Å². The smallest absolute Gasteiger partial charge is 0.407 e. The van der Waals surface area contributed by atoms with Gasteiger partial charge in [-0.1, -0.05) is 54.6 Å². The van der Waals surface area contributed by atoms with Crippen molar-refractivity contribution in [2.75, 3.05) is 6.61 Å². The topological polar surface area (TPSA) is 58.6 Å². The number of rotatable bonds is 5. The fourth-order valence-electron chi connectivity index (χ4n) is 3.95. The van der Waals surface area contributed by atoms with E-state index in [1.54, 1.807) is 0 Å². The zero-order chi connectivity index (χ0) is 21.3. The van der Waals surface area contributed by atoms with E-state index in [1.807, 2.05) is 48.5 Å². The first kappa shape index (κ1) is 20.0. The molecule has 6 heteroatoms. The van der Waals surface area contributed by atoms with Crippen molar-refractivity contribution in [2.24, 2.45) is 0 Å². The van der Waals surface area contributed by atoms with E-state index in [-0.39, 0.29) is 12.5 Å². The van der Waals surface area contributed by atoms with Crippen LogP contribution < -0.4 is 5.32 Å². The molecule has 3 aromatic rings. The maximum absolute atomic E-state index is 13.9. The summed E-state index contributed by atoms with van der Waals surface area (Å²) in [6, 6.07) is 18.3. The molecule has 2 atom stereocenters. The zero-order valence-corrected chi connectivity index (χ0v) is 16.3. The molecule has 2 unspecified atom stereocenters. The Kier molecular flexibility index (Phi) is 5.50. The molecule has 1 aliphatic carbocycles. The van der Waals surface area contributed by atoms with Gasteiger partial charge in [0.2, 0.25) is 0 Å². The van der Waals surface area contributed by atoms with Crippen molar-refractivity contribution >= 4 is 6.09 Å². The third-order valence-corrected chi connectivity index (χ3v) is 5.46. The van der Waals surface area contributed by atoms with Crippen LogP contribution in [0.5, 0.6) is 0 Å². The highest BCUT2D eigenvalue weighted by atomic mass is 19.1. The number of fused-ring (bicyclic) bond motifs is 3. The molecule has 0 aliphatic heterocycles. The third kappa shape index (κ3) is 3.66. The maximum atomic E-state index is 13.9. The minimum absolute atomic E-state index is 0.104. The van der Waals surface area contributed by atoms with Crippen LogP contribution >= 0.6 is 0 Å². The normalized spacial score (nSPS) is 14.5. The molecular formula is C24H21F2NO3. The Labute approximate surface area is 173 Å². The highest BCUT2D eigenvalue weighted by Crippen LogP contribution is 2.44. The number of benzene rings is 3. The van der Waals surface area contributed by atoms with Gasteiger partial charge in [0.05, 0.1) is 11.6 Å². The number of carbonyl (C=O) groups excluding carboxylic acids is 1. The van der Waals surface area contributed by atoms with Gasteiger partial charge in [0, 0.05) is 5.92 Å². The predicted molar refractivity (Wildman–Crippen MR) is 109 cm³/mol. The van der Waals surface area contributed by atoms with Gasteiger partial charge >= 0.3 is 6.09 Å². The van der Waals surface area contributed by atoms with Crippen LogP contribution in [0.25, 0.3) is 11.1 Å². The number of amides is 1. The van der Waals surface area contributed by atoms with E-state index in [9.17, 15) is 18.7 Å². The molecule has 0 bridgehead atoms. The number of aliphatic hydroxyl groups excluding tert-OH is 1. The molecule has 0 fully saturated rings. The highest BCUT2D eigenvalue weighted by Gasteiger charge is 2.30. The average molecular weight is 409 g/mol. The van der Waals surface area contributed by atoms with Crippen LogP contribution in [0.4, 0.5) is 13.6 Å². The molecule has 0 spiro atoms. The van der Waals surface area contributed by atoms with Crippen LogP contribution in [0.1, 0.15) is 35.6 Å². The van der Waals surface area contributed by atoms with E-state index >= 15 is 0 Å². The summed E-state index contributed by atoms with van der Waals surface area (Å²) in [7, 11) is 0. The number of halogens is 2. The first-order chi connectivity index (χ1) is 14.5. The number of ether oxygens (including phenoxy) is 1. The van der Waals surface area contributed by atoms with E-state index in [0.717, 1.165) is 34.4 Å². The largest absolute Gasteiger partial charge is 0.449 e. The second kappa shape index (κ2) is 8.24. The summed E-state index contributed by atoms with van der Waals surface area (Å²) in [5.41, 5.74) is 3.90. The van der Waals surface area contributed by atoms with Gasteiger partial charge in [-0.2, -0.15) is 0 Å². The van der Waals surface area contributed by atoms with Crippen molar-refractivity contribution < 1.29 is 23.4 Å². The van der Waals surface area contributed by atoms with Crippen LogP contribution in [-0.2, 0) is 4.74 Å². The molecule has 30 heavy (non-hydrogen) atoms. The Morgan fingerprint density at radius 2 is 1.50 bits per heavy atom. The molecule has 2 N–H and O–H groups in total. The lowest BCUT2D eigenvalue weighted by Crippen LogP contribution is -2.38. The fraction of sp³-hybridized carbons (Fsp3) is 0.208. The van der Waals surface area contributed by atoms with Crippen LogP contribution in [-0.4, -0.2) is 23.8 Å². The number of hydrogen-bond acceptors (Lipinski definition) is 3. The molecule has 3 aromatic carbocycles. The van der Waals surface area contributed by atoms with Gasteiger partial charge < -0.3 is 15.2 Å². The molecule has 0 heterocycles. The molecule has 0 saturated heterocycles. The minimum Gasteiger partial charge on any atom is -0.449 e. The first-order valence-electron chi connectivity index (χ1n) is 9.71. The lowest BCUT2D eigenvalue weighted by molar-refractivity contribution is 0.104. The summed E-state index contributed by atoms with van der Waals surface area (Å²) >= 11 is 0. The van der Waals surface area contributed by atoms with Crippen molar-refractivity contribution in [2.45, 2.75) is 25.0 Å². The van der Waals surface area contributed by atoms with E-state index in [4.69, 9.17) is 4.74 Å². The number of carbonyl (C=O) groups is 1. The Morgan fingerprint density at radius 3 is 2.07 bits per heavy atom. The number of nitrogens with one attached hydrogen (secondary N) is 1. The van der Waals surface area contributed by atoms with E-state index < -0.39 is 35.4 Å². The standard InChI is InChI=1S/C24H21F2NO3/c1-14(23(28)22-20(25)11-6-12-21(22)26)27-24(29)30-13-19-17-9-4-2-7-15(17)16-8-3-5-10-18(16)19/h2-12,14,19,23,28H,13H2,1H3,(H,27,29). The zero-order valence-electron chi connectivity index (χ0n) is 16.3. The van der Waals surface area contributed by atoms with Gasteiger partial charge in [-0.3, -0.25) is 0 Å². The van der Waals surface area contributed by atoms with Gasteiger partial charge in [0.1, 0.15) is 24.3 Å². The van der Waals surface area contributed by atoms with Gasteiger partial charge in [0.15, 0.2) is 0 Å². The molecular weight excluding hydrogens is 388 g/mol. The lowest BCUT2D eigenvalue weighted by Gasteiger charge is -2.22. The van der Waals surface area contributed by atoms with Gasteiger partial charge in [-0.15, -0.1) is 0 Å². The molecule has 1 aliphatic rings. The van der Waals surface area contributed by atoms with E-state index in [2.05, 4.69) is 5.32 Å². The van der Waals surface area contributed by atoms with Crippen LogP contribution in [0.3, 0.4) is 0 Å². The number of hydrogen-bond donors (Lipinski definition) is 2. The second-order valence-electron chi connectivity index (χ2n) is 7.34. The van der Waals surface area contributed by atoms with Crippen LogP contribution in [0.2, 0.25) is 0 Å². The monoisotopic (exact) mass is 409 g/mol. The first-order valence-corrected chi connectivity index (χ1v) is 9.71. The predicted octanol–water partition coefficient (Wildman–Crippen LogP) is 4.93. The summed E-state index contributed by atoms with van der Waals surface area (Å²) in [6.45, 7) is 1.56. The highest BCUT2D eigenvalue weighted by molar-refractivity contribution is 5.79. The summed E-state index contributed by atoms with van der Waals surface area (Å²) in [5.74, 6) is -1.85. The Balaban J connectivity index is 1.43. The van der Waals surface area contributed by atoms with Crippen molar-refractivity contribution in [3.8, 4) is 11.1 Å². The van der Waals surface area contributed by atoms with Crippen LogP contribution in [0, 0.1) is 11.6 Å². The van der Waals surface area contributed by atoms with E-state index in [1.165, 1.54) is 13.0 Å². The maximum Gasteiger partial charge on any atom is 0.407 e. The van der Waals surface area contributed by atoms with Crippen LogP contribution in [0.15, 0.2) is 66.7 Å². The van der Waals surface area contributed by atoms with Crippen molar-refractivity contribution in [3.05, 3.63) is 95.1 Å². The Morgan fingerprint density at radius 1 is 0.967 bits per heavy atom. The molecule has 4 rings (SSSR count). The quantitative estimate of drug-likeness (QED) is 0.629. The molecule has 0 saturated carbocycles. The number of aliphatic hydroxyl groups is 1. The minimum atomic E-state index is -1.55. The summed E-state index contributed by atoms with van der Waals surface area (Å²) in [5, 5.41) is 12.7. The van der Waals surface area contributed by atoms with Gasteiger partial charge in [-0.25, -0.2) is 13.6 Å². The fourth-order valence-corrected chi connectivity index (χ4v) is 3.95. The number of alkyl carbamates (subject to hydrolysis) is 1. The average Bonchev–Trinajstić information content (AvgIpc) is 3.06. The summed E-state index contributed by atoms with van der Waals surface area (Å²) in [4.78, 5) is 12.3. The third-order valence-electron chi connectivity index (χ3n) is 5.46. The SMILES string of the molecule is CC(NC(=O)OCC1c2ccccc2-c2ccccc21)C(O)c1c(F)cccc1F. The van der Waals surface area contributed by atoms with Crippen molar-refractivity contribution in [1.82, 2.24) is 5.32 Å². The van der Waals surface area contributed by atoms with Gasteiger partial charge in [-0.05, 0) is 41.3 Å². The van der Waals surface area contributed by atoms with Gasteiger partial charge in [0.25, 0.3) is 0 Å². The van der Waals surface area contributed by atoms with Crippen molar-refractivity contribution in [3.63, 3.8) is 0 Å². The molecule has 4 nitrogen and oxygen atoms in total. The molecule has 154 valence electrons. The molecule has 0 radical (unpaired) electrons. The summed E-state index contributed by atoms with van der Waals surface area (Å²) in [6.07, 6.45) is -2.31. The molecule has 0 aromatic heterocycles. The Bertz CT molecular complexity index is 1020. The molecule has 1 amide bonds. The lowest BCUT2D eigenvalue weighted by atomic mass is 9.98.